The molecule has 0 saturated carbocycles. The first kappa shape index (κ1) is 35.5. The third kappa shape index (κ3) is 7.42. The third-order valence-corrected chi connectivity index (χ3v) is 9.83. The van der Waals surface area contributed by atoms with Gasteiger partial charge in [0.25, 0.3) is 5.56 Å². The fourth-order valence-electron chi connectivity index (χ4n) is 7.05. The zero-order valence-corrected chi connectivity index (χ0v) is 27.9. The van der Waals surface area contributed by atoms with Crippen molar-refractivity contribution in [2.75, 3.05) is 19.6 Å². The van der Waals surface area contributed by atoms with Gasteiger partial charge in [-0.2, -0.15) is 18.4 Å². The van der Waals surface area contributed by atoms with E-state index in [9.17, 15) is 22.8 Å². The van der Waals surface area contributed by atoms with E-state index in [0.717, 1.165) is 38.5 Å². The van der Waals surface area contributed by atoms with Gasteiger partial charge in [-0.3, -0.25) is 18.8 Å². The van der Waals surface area contributed by atoms with E-state index in [0.29, 0.717) is 56.9 Å². The normalized spacial score (nSPS) is 16.3. The van der Waals surface area contributed by atoms with E-state index < -0.39 is 52.6 Å². The lowest BCUT2D eigenvalue weighted by Gasteiger charge is -2.39. The molecule has 0 amide bonds. The summed E-state index contributed by atoms with van der Waals surface area (Å²) in [5.74, 6) is -1.11. The lowest BCUT2D eigenvalue weighted by atomic mass is 9.85. The van der Waals surface area contributed by atoms with Gasteiger partial charge in [-0.15, -0.1) is 0 Å². The molecule has 0 radical (unpaired) electrons. The minimum absolute atomic E-state index is 0.151. The monoisotopic (exact) mass is 709 g/mol. The molecule has 6 rings (SSSR count). The second-order valence-electron chi connectivity index (χ2n) is 12.7. The van der Waals surface area contributed by atoms with Gasteiger partial charge in [-0.1, -0.05) is 60.1 Å². The molecule has 50 heavy (non-hydrogen) atoms. The molecule has 2 aliphatic heterocycles. The average Bonchev–Trinajstić information content (AvgIpc) is 3.46. The molecule has 3 heterocycles. The van der Waals surface area contributed by atoms with E-state index in [1.807, 2.05) is 48.5 Å². The number of fused-ring (bicyclic) bond motifs is 2. The lowest BCUT2D eigenvalue weighted by Crippen LogP contribution is -2.50. The molecule has 0 bridgehead atoms. The fourth-order valence-corrected chi connectivity index (χ4v) is 7.27. The van der Waals surface area contributed by atoms with Crippen LogP contribution in [0.5, 0.6) is 0 Å². The first-order valence-corrected chi connectivity index (χ1v) is 16.9. The summed E-state index contributed by atoms with van der Waals surface area (Å²) in [5, 5.41) is 13.0. The third-order valence-electron chi connectivity index (χ3n) is 9.60. The summed E-state index contributed by atoms with van der Waals surface area (Å²) < 4.78 is 66.0. The smallest absolute Gasteiger partial charge is 0.364 e. The first-order valence-electron chi connectivity index (χ1n) is 16.5. The maximum absolute atomic E-state index is 15.2. The minimum Gasteiger partial charge on any atom is -0.364 e. The number of likely N-dealkylation sites (tertiary alicyclic amines) is 1. The predicted octanol–water partition coefficient (Wildman–Crippen LogP) is 6.53. The Morgan fingerprint density at radius 1 is 0.980 bits per heavy atom. The maximum atomic E-state index is 15.2. The Morgan fingerprint density at radius 3 is 2.42 bits per heavy atom. The number of nitrogens with one attached hydrogen (secondary N) is 1. The van der Waals surface area contributed by atoms with E-state index >= 15 is 4.39 Å². The number of nitrogens with zero attached hydrogens (tertiary/aromatic N) is 4. The zero-order valence-electron chi connectivity index (χ0n) is 27.2. The summed E-state index contributed by atoms with van der Waals surface area (Å²) in [6.45, 7) is 1.06. The highest BCUT2D eigenvalue weighted by Gasteiger charge is 2.47. The largest absolute Gasteiger partial charge is 0.416 e. The highest BCUT2D eigenvalue weighted by molar-refractivity contribution is 6.30. The van der Waals surface area contributed by atoms with Crippen molar-refractivity contribution in [3.8, 4) is 6.07 Å². The van der Waals surface area contributed by atoms with E-state index in [4.69, 9.17) is 21.6 Å². The number of halogens is 5. The molecule has 0 aliphatic carbocycles. The Bertz CT molecular complexity index is 2000. The number of benzene rings is 3. The average molecular weight is 710 g/mol. The molecule has 0 unspecified atom stereocenters. The number of hydrogen-bond donors (Lipinski definition) is 1. The van der Waals surface area contributed by atoms with E-state index in [2.05, 4.69) is 16.3 Å². The van der Waals surface area contributed by atoms with E-state index in [1.165, 1.54) is 0 Å². The van der Waals surface area contributed by atoms with Crippen molar-refractivity contribution in [1.29, 1.82) is 5.26 Å². The van der Waals surface area contributed by atoms with E-state index in [1.54, 1.807) is 6.07 Å². The van der Waals surface area contributed by atoms with Gasteiger partial charge in [0.15, 0.2) is 0 Å². The number of alkyl halides is 3. The summed E-state index contributed by atoms with van der Waals surface area (Å²) in [5.41, 5.74) is -2.22. The zero-order chi connectivity index (χ0) is 35.5. The molecule has 3 aromatic carbocycles. The van der Waals surface area contributed by atoms with Gasteiger partial charge < -0.3 is 10.1 Å². The number of aromatic nitrogens is 2. The van der Waals surface area contributed by atoms with Crippen LogP contribution < -0.4 is 16.6 Å². The highest BCUT2D eigenvalue weighted by atomic mass is 35.5. The standard InChI is InChI=1S/C37H36ClF4N5O3/c38-27-11-6-8-25(20-27)21-45-18-14-36(15-19-45)33-32(24-50-36)46(22-28-29(37(40,41)42)12-7-13-30(28)39)35(49)47(34(33)48)23-31(44-17-5-4-16-43)26-9-2-1-3-10-26/h1-3,6-13,20,31,44H,4-5,14-15,17-19,21-24H2/t31-/m1/s1. The van der Waals surface area contributed by atoms with Crippen molar-refractivity contribution >= 4 is 11.6 Å². The molecule has 262 valence electrons. The van der Waals surface area contributed by atoms with Gasteiger partial charge in [-0.05, 0) is 61.2 Å². The highest BCUT2D eigenvalue weighted by Crippen LogP contribution is 2.43. The number of unbranched alkanes of at least 4 members (excludes halogenated alkanes) is 1. The van der Waals surface area contributed by atoms with Gasteiger partial charge >= 0.3 is 11.9 Å². The number of rotatable bonds is 11. The summed E-state index contributed by atoms with van der Waals surface area (Å²) in [6.07, 6.45) is -3.25. The van der Waals surface area contributed by atoms with Crippen LogP contribution >= 0.6 is 11.6 Å². The molecule has 1 spiro atoms. The van der Waals surface area contributed by atoms with Gasteiger partial charge in [0.1, 0.15) is 11.4 Å². The topological polar surface area (TPSA) is 92.3 Å². The van der Waals surface area contributed by atoms with Crippen molar-refractivity contribution in [3.05, 3.63) is 138 Å². The van der Waals surface area contributed by atoms with Crippen molar-refractivity contribution < 1.29 is 22.3 Å². The van der Waals surface area contributed by atoms with Crippen LogP contribution in [0.1, 0.15) is 65.2 Å². The van der Waals surface area contributed by atoms with Crippen molar-refractivity contribution in [2.24, 2.45) is 0 Å². The van der Waals surface area contributed by atoms with Crippen molar-refractivity contribution in [1.82, 2.24) is 19.4 Å². The molecule has 13 heteroatoms. The molecule has 8 nitrogen and oxygen atoms in total. The Hall–Kier alpha value is -4.28. The Balaban J connectivity index is 1.43. The molecular formula is C37H36ClF4N5O3. The van der Waals surface area contributed by atoms with Crippen LogP contribution in [0.2, 0.25) is 5.02 Å². The van der Waals surface area contributed by atoms with Crippen LogP contribution in [0.15, 0.2) is 82.4 Å². The van der Waals surface area contributed by atoms with Crippen LogP contribution in [0, 0.1) is 17.1 Å². The lowest BCUT2D eigenvalue weighted by molar-refractivity contribution is -0.138. The van der Waals surface area contributed by atoms with Gasteiger partial charge in [0, 0.05) is 36.6 Å². The molecule has 4 aromatic rings. The summed E-state index contributed by atoms with van der Waals surface area (Å²) >= 11 is 6.19. The number of hydrogen-bond acceptors (Lipinski definition) is 6. The van der Waals surface area contributed by atoms with Crippen LogP contribution in [0.4, 0.5) is 17.6 Å². The van der Waals surface area contributed by atoms with Gasteiger partial charge in [-0.25, -0.2) is 9.18 Å². The van der Waals surface area contributed by atoms with Gasteiger partial charge in [0.2, 0.25) is 0 Å². The van der Waals surface area contributed by atoms with Crippen LogP contribution in [-0.4, -0.2) is 33.7 Å². The minimum atomic E-state index is -4.88. The molecule has 1 atom stereocenters. The quantitative estimate of drug-likeness (QED) is 0.141. The SMILES string of the molecule is N#CCCCN[C@H](Cn1c(=O)c2c(n(Cc3c(F)cccc3C(F)(F)F)c1=O)COC21CCN(Cc2cccc(Cl)c2)CC1)c1ccccc1. The molecule has 1 N–H and O–H groups in total. The number of ether oxygens (including phenoxy) is 1. The molecule has 2 aliphatic rings. The number of piperidine rings is 1. The van der Waals surface area contributed by atoms with Crippen LogP contribution in [0.25, 0.3) is 0 Å². The Kier molecular flexibility index (Phi) is 10.6. The van der Waals surface area contributed by atoms with Crippen molar-refractivity contribution in [2.45, 2.75) is 69.7 Å². The maximum Gasteiger partial charge on any atom is 0.416 e. The Labute approximate surface area is 291 Å². The predicted molar refractivity (Wildman–Crippen MR) is 180 cm³/mol. The van der Waals surface area contributed by atoms with Crippen LogP contribution in [0.3, 0.4) is 0 Å². The summed E-state index contributed by atoms with van der Waals surface area (Å²) in [7, 11) is 0. The molecule has 1 fully saturated rings. The van der Waals surface area contributed by atoms with Gasteiger partial charge in [0.05, 0.1) is 48.6 Å². The summed E-state index contributed by atoms with van der Waals surface area (Å²) in [4.78, 5) is 31.0. The molecule has 1 saturated heterocycles. The second kappa shape index (κ2) is 14.9. The Morgan fingerprint density at radius 2 is 1.72 bits per heavy atom. The molecular weight excluding hydrogens is 674 g/mol. The fraction of sp³-hybridized carbons (Fsp3) is 0.378. The second-order valence-corrected chi connectivity index (χ2v) is 13.2. The summed E-state index contributed by atoms with van der Waals surface area (Å²) in [6, 6.07) is 20.9. The van der Waals surface area contributed by atoms with Crippen molar-refractivity contribution in [3.63, 3.8) is 0 Å². The molecule has 1 aromatic heterocycles. The number of nitriles is 1. The first-order chi connectivity index (χ1) is 24.0. The van der Waals surface area contributed by atoms with Crippen LogP contribution in [-0.2, 0) is 42.8 Å². The van der Waals surface area contributed by atoms with E-state index in [-0.39, 0.29) is 24.4 Å².